The van der Waals surface area contributed by atoms with Crippen LogP contribution in [0.1, 0.15) is 45.5 Å². The smallest absolute Gasteiger partial charge is 0.269 e. The number of hydrogen-bond acceptors (Lipinski definition) is 5. The van der Waals surface area contributed by atoms with Crippen molar-refractivity contribution in [3.05, 3.63) is 75.3 Å². The van der Waals surface area contributed by atoms with Crippen molar-refractivity contribution in [2.24, 2.45) is 0 Å². The second-order valence-electron chi connectivity index (χ2n) is 6.34. The van der Waals surface area contributed by atoms with Crippen molar-refractivity contribution in [1.29, 1.82) is 0 Å². The summed E-state index contributed by atoms with van der Waals surface area (Å²) in [5.41, 5.74) is 1.90. The molecule has 2 aromatic rings. The van der Waals surface area contributed by atoms with Crippen molar-refractivity contribution in [1.82, 2.24) is 4.90 Å². The van der Waals surface area contributed by atoms with E-state index in [1.54, 1.807) is 36.4 Å². The van der Waals surface area contributed by atoms with Crippen molar-refractivity contribution in [3.63, 3.8) is 0 Å². The number of imide groups is 1. The highest BCUT2D eigenvalue weighted by Gasteiger charge is 2.34. The van der Waals surface area contributed by atoms with Crippen LogP contribution >= 0.6 is 0 Å². The average Bonchev–Trinajstić information content (AvgIpc) is 2.92. The Morgan fingerprint density at radius 2 is 1.52 bits per heavy atom. The predicted octanol–water partition coefficient (Wildman–Crippen LogP) is 3.58. The van der Waals surface area contributed by atoms with Crippen LogP contribution in [0.5, 0.6) is 0 Å². The summed E-state index contributed by atoms with van der Waals surface area (Å²) in [5, 5.41) is 10.6. The van der Waals surface area contributed by atoms with Crippen molar-refractivity contribution < 1.29 is 19.2 Å². The van der Waals surface area contributed by atoms with Gasteiger partial charge in [0.1, 0.15) is 0 Å². The Kier molecular flexibility index (Phi) is 5.93. The summed E-state index contributed by atoms with van der Waals surface area (Å²) in [6.45, 7) is 1.37. The van der Waals surface area contributed by atoms with E-state index in [4.69, 9.17) is 4.74 Å². The number of benzene rings is 2. The molecular formula is C20H20N2O5. The van der Waals surface area contributed by atoms with Crippen LogP contribution in [0, 0.1) is 10.1 Å². The maximum absolute atomic E-state index is 12.2. The quantitative estimate of drug-likeness (QED) is 0.292. The topological polar surface area (TPSA) is 89.8 Å². The first kappa shape index (κ1) is 18.7. The molecule has 0 saturated carbocycles. The number of fused-ring (bicyclic) bond motifs is 1. The monoisotopic (exact) mass is 368 g/mol. The third kappa shape index (κ3) is 4.38. The van der Waals surface area contributed by atoms with Gasteiger partial charge in [0.25, 0.3) is 17.5 Å². The highest BCUT2D eigenvalue weighted by molar-refractivity contribution is 6.21. The maximum Gasteiger partial charge on any atom is 0.269 e. The van der Waals surface area contributed by atoms with E-state index < -0.39 is 4.92 Å². The summed E-state index contributed by atoms with van der Waals surface area (Å²) in [7, 11) is 0. The average molecular weight is 368 g/mol. The summed E-state index contributed by atoms with van der Waals surface area (Å²) < 4.78 is 5.57. The van der Waals surface area contributed by atoms with Crippen molar-refractivity contribution in [2.75, 3.05) is 13.2 Å². The molecule has 2 amide bonds. The lowest BCUT2D eigenvalue weighted by Gasteiger charge is -2.13. The summed E-state index contributed by atoms with van der Waals surface area (Å²) in [4.78, 5) is 35.9. The van der Waals surface area contributed by atoms with Gasteiger partial charge in [0.15, 0.2) is 0 Å². The third-order valence-corrected chi connectivity index (χ3v) is 4.46. The number of nitro benzene ring substituents is 1. The Labute approximate surface area is 156 Å². The molecule has 0 radical (unpaired) electrons. The Morgan fingerprint density at radius 3 is 2.11 bits per heavy atom. The van der Waals surface area contributed by atoms with Gasteiger partial charge in [0.05, 0.1) is 22.7 Å². The minimum atomic E-state index is -0.432. The minimum absolute atomic E-state index is 0.0620. The number of amides is 2. The third-order valence-electron chi connectivity index (χ3n) is 4.46. The number of nitro groups is 1. The normalized spacial score (nSPS) is 13.1. The molecule has 7 nitrogen and oxygen atoms in total. The second kappa shape index (κ2) is 8.55. The summed E-state index contributed by atoms with van der Waals surface area (Å²) in [6.07, 6.45) is 2.39. The van der Waals surface area contributed by atoms with Crippen molar-refractivity contribution in [3.8, 4) is 0 Å². The zero-order chi connectivity index (χ0) is 19.2. The molecule has 0 fully saturated rings. The van der Waals surface area contributed by atoms with Gasteiger partial charge in [0, 0.05) is 25.3 Å². The first-order valence-corrected chi connectivity index (χ1v) is 8.84. The fourth-order valence-corrected chi connectivity index (χ4v) is 3.00. The number of ether oxygens (including phenoxy) is 1. The minimum Gasteiger partial charge on any atom is -0.377 e. The molecule has 2 aromatic carbocycles. The number of non-ortho nitro benzene ring substituents is 1. The van der Waals surface area contributed by atoms with Crippen LogP contribution in [-0.4, -0.2) is 34.8 Å². The molecule has 7 heteroatoms. The Bertz CT molecular complexity index is 813. The van der Waals surface area contributed by atoms with Crippen molar-refractivity contribution in [2.45, 2.75) is 25.9 Å². The van der Waals surface area contributed by atoms with E-state index in [0.717, 1.165) is 24.8 Å². The fraction of sp³-hybridized carbons (Fsp3) is 0.300. The van der Waals surface area contributed by atoms with Gasteiger partial charge in [-0.05, 0) is 49.1 Å². The maximum atomic E-state index is 12.2. The highest BCUT2D eigenvalue weighted by Crippen LogP contribution is 2.22. The van der Waals surface area contributed by atoms with Crippen molar-refractivity contribution >= 4 is 17.5 Å². The molecule has 0 aliphatic carbocycles. The molecule has 3 rings (SSSR count). The Hall–Kier alpha value is -3.06. The largest absolute Gasteiger partial charge is 0.377 e. The van der Waals surface area contributed by atoms with Gasteiger partial charge in [-0.2, -0.15) is 0 Å². The molecule has 1 aliphatic heterocycles. The molecule has 0 aromatic heterocycles. The van der Waals surface area contributed by atoms with Gasteiger partial charge in [0.2, 0.25) is 0 Å². The number of nitrogens with zero attached hydrogens (tertiary/aromatic N) is 2. The molecule has 27 heavy (non-hydrogen) atoms. The molecular weight excluding hydrogens is 348 g/mol. The van der Waals surface area contributed by atoms with E-state index in [-0.39, 0.29) is 17.5 Å². The first-order valence-electron chi connectivity index (χ1n) is 8.84. The summed E-state index contributed by atoms with van der Waals surface area (Å²) in [6, 6.07) is 13.2. The predicted molar refractivity (Wildman–Crippen MR) is 98.4 cm³/mol. The number of carbonyl (C=O) groups excluding carboxylic acids is 2. The van der Waals surface area contributed by atoms with Gasteiger partial charge in [-0.1, -0.05) is 12.1 Å². The van der Waals surface area contributed by atoms with E-state index in [2.05, 4.69) is 0 Å². The number of rotatable bonds is 9. The molecule has 0 saturated heterocycles. The molecule has 0 unspecified atom stereocenters. The van der Waals surface area contributed by atoms with Gasteiger partial charge < -0.3 is 4.74 Å². The summed E-state index contributed by atoms with van der Waals surface area (Å²) in [5.74, 6) is -0.435. The standard InChI is InChI=1S/C20H20N2O5/c23-19-17-6-2-3-7-18(17)20(24)21(19)12-4-1-5-13-27-14-15-8-10-16(11-9-15)22(25)26/h2-3,6-11H,1,4-5,12-14H2. The van der Waals surface area contributed by atoms with Gasteiger partial charge in [-0.3, -0.25) is 24.6 Å². The lowest BCUT2D eigenvalue weighted by molar-refractivity contribution is -0.384. The molecule has 140 valence electrons. The van der Waals surface area contributed by atoms with Gasteiger partial charge >= 0.3 is 0 Å². The molecule has 0 atom stereocenters. The van der Waals surface area contributed by atoms with Crippen LogP contribution in [0.15, 0.2) is 48.5 Å². The van der Waals surface area contributed by atoms with E-state index in [1.807, 2.05) is 0 Å². The molecule has 1 heterocycles. The van der Waals surface area contributed by atoms with Crippen LogP contribution in [0.4, 0.5) is 5.69 Å². The van der Waals surface area contributed by atoms with Crippen LogP contribution in [0.25, 0.3) is 0 Å². The highest BCUT2D eigenvalue weighted by atomic mass is 16.6. The van der Waals surface area contributed by atoms with E-state index in [1.165, 1.54) is 17.0 Å². The first-order chi connectivity index (χ1) is 13.1. The van der Waals surface area contributed by atoms with E-state index in [9.17, 15) is 19.7 Å². The zero-order valence-electron chi connectivity index (χ0n) is 14.8. The fourth-order valence-electron chi connectivity index (χ4n) is 3.00. The van der Waals surface area contributed by atoms with Crippen LogP contribution in [0.2, 0.25) is 0 Å². The van der Waals surface area contributed by atoms with Crippen LogP contribution in [-0.2, 0) is 11.3 Å². The van der Waals surface area contributed by atoms with Gasteiger partial charge in [-0.25, -0.2) is 0 Å². The molecule has 0 bridgehead atoms. The SMILES string of the molecule is O=C1c2ccccc2C(=O)N1CCCCCOCc1ccc([N+](=O)[O-])cc1. The lowest BCUT2D eigenvalue weighted by atomic mass is 10.1. The molecule has 1 aliphatic rings. The van der Waals surface area contributed by atoms with Crippen LogP contribution < -0.4 is 0 Å². The van der Waals surface area contributed by atoms with Gasteiger partial charge in [-0.15, -0.1) is 0 Å². The Morgan fingerprint density at radius 1 is 0.889 bits per heavy atom. The van der Waals surface area contributed by atoms with E-state index in [0.29, 0.717) is 30.9 Å². The number of carbonyl (C=O) groups is 2. The number of hydrogen-bond donors (Lipinski definition) is 0. The number of unbranched alkanes of at least 4 members (excludes halogenated alkanes) is 2. The lowest BCUT2D eigenvalue weighted by Crippen LogP contribution is -2.30. The molecule has 0 N–H and O–H groups in total. The Balaban J connectivity index is 1.33. The second-order valence-corrected chi connectivity index (χ2v) is 6.34. The summed E-state index contributed by atoms with van der Waals surface area (Å²) >= 11 is 0. The van der Waals surface area contributed by atoms with Crippen LogP contribution in [0.3, 0.4) is 0 Å². The van der Waals surface area contributed by atoms with E-state index >= 15 is 0 Å². The molecule has 0 spiro atoms. The zero-order valence-corrected chi connectivity index (χ0v) is 14.8.